The molecule has 0 heterocycles. The third-order valence-corrected chi connectivity index (χ3v) is 4.97. The molecule has 0 unspecified atom stereocenters. The number of carbonyl (C=O) groups is 1. The molecule has 2 rings (SSSR count). The number of nitro benzene ring substituents is 1. The predicted molar refractivity (Wildman–Crippen MR) is 84.5 cm³/mol. The molecule has 1 aromatic rings. The molecule has 1 amide bonds. The van der Waals surface area contributed by atoms with Gasteiger partial charge in [0.15, 0.2) is 0 Å². The van der Waals surface area contributed by atoms with Crippen LogP contribution in [0.2, 0.25) is 0 Å². The van der Waals surface area contributed by atoms with E-state index in [9.17, 15) is 14.9 Å². The number of hydrogen-bond acceptors (Lipinski definition) is 5. The molecule has 6 nitrogen and oxygen atoms in total. The van der Waals surface area contributed by atoms with Crippen LogP contribution in [0.15, 0.2) is 18.2 Å². The summed E-state index contributed by atoms with van der Waals surface area (Å²) in [6.07, 6.45) is 6.14. The van der Waals surface area contributed by atoms with E-state index >= 15 is 0 Å². The minimum absolute atomic E-state index is 0.125. The minimum atomic E-state index is -0.528. The van der Waals surface area contributed by atoms with E-state index in [1.807, 2.05) is 11.8 Å². The Balaban J connectivity index is 2.03. The number of nitrogen functional groups attached to an aromatic ring is 1. The summed E-state index contributed by atoms with van der Waals surface area (Å²) in [5, 5.41) is 14.4. The summed E-state index contributed by atoms with van der Waals surface area (Å²) in [7, 11) is 0. The monoisotopic (exact) mass is 309 g/mol. The van der Waals surface area contributed by atoms with Gasteiger partial charge in [0.25, 0.3) is 11.6 Å². The number of nitrogens with two attached hydrogens (primary N) is 1. The first kappa shape index (κ1) is 15.6. The van der Waals surface area contributed by atoms with Crippen LogP contribution in [0.5, 0.6) is 0 Å². The van der Waals surface area contributed by atoms with Crippen LogP contribution in [0.1, 0.15) is 36.0 Å². The summed E-state index contributed by atoms with van der Waals surface area (Å²) in [5.41, 5.74) is 6.06. The molecule has 1 aliphatic carbocycles. The smallest absolute Gasteiger partial charge is 0.270 e. The molecule has 1 fully saturated rings. The molecule has 0 aliphatic heterocycles. The van der Waals surface area contributed by atoms with Crippen molar-refractivity contribution in [3.8, 4) is 0 Å². The largest absolute Gasteiger partial charge is 0.398 e. The molecule has 1 saturated carbocycles. The predicted octanol–water partition coefficient (Wildman–Crippen LogP) is 2.58. The Morgan fingerprint density at radius 3 is 2.62 bits per heavy atom. The van der Waals surface area contributed by atoms with E-state index < -0.39 is 4.92 Å². The first-order valence-corrected chi connectivity index (χ1v) is 8.17. The summed E-state index contributed by atoms with van der Waals surface area (Å²) in [6.45, 7) is 0. The maximum Gasteiger partial charge on any atom is 0.270 e. The SMILES string of the molecule is CSC1CCC(NC(=O)c2cc([N+](=O)[O-])ccc2N)CC1. The van der Waals surface area contributed by atoms with Gasteiger partial charge in [-0.05, 0) is 38.0 Å². The van der Waals surface area contributed by atoms with Crippen LogP contribution >= 0.6 is 11.8 Å². The summed E-state index contributed by atoms with van der Waals surface area (Å²) in [5.74, 6) is -0.330. The highest BCUT2D eigenvalue weighted by molar-refractivity contribution is 7.99. The lowest BCUT2D eigenvalue weighted by atomic mass is 9.94. The maximum atomic E-state index is 12.2. The number of amides is 1. The highest BCUT2D eigenvalue weighted by Gasteiger charge is 2.23. The molecule has 1 aliphatic rings. The van der Waals surface area contributed by atoms with E-state index in [1.54, 1.807) is 0 Å². The third kappa shape index (κ3) is 3.87. The van der Waals surface area contributed by atoms with Gasteiger partial charge in [0.2, 0.25) is 0 Å². The number of non-ortho nitro benzene ring substituents is 1. The molecule has 0 saturated heterocycles. The summed E-state index contributed by atoms with van der Waals surface area (Å²) >= 11 is 1.86. The standard InChI is InChI=1S/C14H19N3O3S/c1-21-11-5-2-9(3-6-11)16-14(18)12-8-10(17(19)20)4-7-13(12)15/h4,7-9,11H,2-3,5-6,15H2,1H3,(H,16,18). The lowest BCUT2D eigenvalue weighted by Gasteiger charge is -2.28. The Labute approximate surface area is 127 Å². The zero-order valence-electron chi connectivity index (χ0n) is 11.9. The van der Waals surface area contributed by atoms with E-state index in [1.165, 1.54) is 18.2 Å². The molecule has 0 atom stereocenters. The average Bonchev–Trinajstić information content (AvgIpc) is 2.48. The third-order valence-electron chi connectivity index (χ3n) is 3.84. The van der Waals surface area contributed by atoms with E-state index in [2.05, 4.69) is 11.6 Å². The fourth-order valence-electron chi connectivity index (χ4n) is 2.56. The second-order valence-electron chi connectivity index (χ2n) is 5.21. The van der Waals surface area contributed by atoms with Crippen molar-refractivity contribution >= 4 is 29.0 Å². The van der Waals surface area contributed by atoms with Gasteiger partial charge in [-0.15, -0.1) is 0 Å². The van der Waals surface area contributed by atoms with Crippen molar-refractivity contribution in [1.82, 2.24) is 5.32 Å². The van der Waals surface area contributed by atoms with Gasteiger partial charge in [0.1, 0.15) is 0 Å². The van der Waals surface area contributed by atoms with Crippen LogP contribution in [-0.4, -0.2) is 28.4 Å². The van der Waals surface area contributed by atoms with Crippen LogP contribution < -0.4 is 11.1 Å². The van der Waals surface area contributed by atoms with Gasteiger partial charge in [0, 0.05) is 29.1 Å². The van der Waals surface area contributed by atoms with Gasteiger partial charge >= 0.3 is 0 Å². The minimum Gasteiger partial charge on any atom is -0.398 e. The van der Waals surface area contributed by atoms with E-state index in [0.29, 0.717) is 5.25 Å². The van der Waals surface area contributed by atoms with Crippen molar-refractivity contribution in [2.75, 3.05) is 12.0 Å². The van der Waals surface area contributed by atoms with Crippen molar-refractivity contribution in [3.05, 3.63) is 33.9 Å². The molecular formula is C14H19N3O3S. The summed E-state index contributed by atoms with van der Waals surface area (Å²) in [4.78, 5) is 22.5. The molecule has 0 radical (unpaired) electrons. The van der Waals surface area contributed by atoms with Crippen LogP contribution in [-0.2, 0) is 0 Å². The number of carbonyl (C=O) groups excluding carboxylic acids is 1. The summed E-state index contributed by atoms with van der Waals surface area (Å²) < 4.78 is 0. The zero-order chi connectivity index (χ0) is 15.4. The number of anilines is 1. The van der Waals surface area contributed by atoms with Gasteiger partial charge < -0.3 is 11.1 Å². The lowest BCUT2D eigenvalue weighted by molar-refractivity contribution is -0.384. The topological polar surface area (TPSA) is 98.3 Å². The van der Waals surface area contributed by atoms with Crippen molar-refractivity contribution in [2.24, 2.45) is 0 Å². The number of rotatable bonds is 4. The molecule has 1 aromatic carbocycles. The van der Waals surface area contributed by atoms with E-state index in [0.717, 1.165) is 25.7 Å². The number of benzene rings is 1. The van der Waals surface area contributed by atoms with Crippen LogP contribution in [0.3, 0.4) is 0 Å². The molecule has 21 heavy (non-hydrogen) atoms. The van der Waals surface area contributed by atoms with Gasteiger partial charge in [-0.2, -0.15) is 11.8 Å². The fraction of sp³-hybridized carbons (Fsp3) is 0.500. The van der Waals surface area contributed by atoms with Crippen molar-refractivity contribution in [3.63, 3.8) is 0 Å². The lowest BCUT2D eigenvalue weighted by Crippen LogP contribution is -2.38. The van der Waals surface area contributed by atoms with Crippen molar-refractivity contribution in [1.29, 1.82) is 0 Å². The van der Waals surface area contributed by atoms with Crippen LogP contribution in [0, 0.1) is 10.1 Å². The molecular weight excluding hydrogens is 290 g/mol. The Morgan fingerprint density at radius 2 is 2.05 bits per heavy atom. The number of thioether (sulfide) groups is 1. The van der Waals surface area contributed by atoms with Gasteiger partial charge in [0.05, 0.1) is 10.5 Å². The molecule has 0 spiro atoms. The molecule has 114 valence electrons. The zero-order valence-corrected chi connectivity index (χ0v) is 12.7. The molecule has 7 heteroatoms. The highest BCUT2D eigenvalue weighted by Crippen LogP contribution is 2.27. The normalized spacial score (nSPS) is 21.8. The van der Waals surface area contributed by atoms with Gasteiger partial charge in [-0.3, -0.25) is 14.9 Å². The first-order valence-electron chi connectivity index (χ1n) is 6.89. The van der Waals surface area contributed by atoms with E-state index in [4.69, 9.17) is 5.73 Å². The highest BCUT2D eigenvalue weighted by atomic mass is 32.2. The number of hydrogen-bond donors (Lipinski definition) is 2. The maximum absolute atomic E-state index is 12.2. The second kappa shape index (κ2) is 6.80. The quantitative estimate of drug-likeness (QED) is 0.506. The fourth-order valence-corrected chi connectivity index (χ4v) is 3.30. The number of nitrogens with one attached hydrogen (secondary N) is 1. The molecule has 0 bridgehead atoms. The van der Waals surface area contributed by atoms with Crippen LogP contribution in [0.4, 0.5) is 11.4 Å². The average molecular weight is 309 g/mol. The van der Waals surface area contributed by atoms with E-state index in [-0.39, 0.29) is 28.9 Å². The molecule has 0 aromatic heterocycles. The number of nitrogens with zero attached hydrogens (tertiary/aromatic N) is 1. The van der Waals surface area contributed by atoms with Crippen molar-refractivity contribution in [2.45, 2.75) is 37.0 Å². The Bertz CT molecular complexity index is 542. The van der Waals surface area contributed by atoms with Crippen molar-refractivity contribution < 1.29 is 9.72 Å². The van der Waals surface area contributed by atoms with Gasteiger partial charge in [-0.25, -0.2) is 0 Å². The Morgan fingerprint density at radius 1 is 1.38 bits per heavy atom. The molecule has 3 N–H and O–H groups in total. The number of nitro groups is 1. The second-order valence-corrected chi connectivity index (χ2v) is 6.35. The summed E-state index contributed by atoms with van der Waals surface area (Å²) in [6, 6.07) is 4.06. The van der Waals surface area contributed by atoms with Gasteiger partial charge in [-0.1, -0.05) is 0 Å². The van der Waals surface area contributed by atoms with Crippen LogP contribution in [0.25, 0.3) is 0 Å². The Hall–Kier alpha value is -1.76. The Kier molecular flexibility index (Phi) is 5.06. The first-order chi connectivity index (χ1) is 10.0.